The normalized spacial score (nSPS) is 10.7. The maximum atomic E-state index is 12.7. The summed E-state index contributed by atoms with van der Waals surface area (Å²) in [5.41, 5.74) is 0.447. The maximum Gasteiger partial charge on any atom is 0.321 e. The first kappa shape index (κ1) is 19.4. The van der Waals surface area contributed by atoms with Crippen molar-refractivity contribution in [1.29, 1.82) is 0 Å². The molecule has 9 nitrogen and oxygen atoms in total. The fraction of sp³-hybridized carbons (Fsp3) is 0.167. The number of nitrogens with one attached hydrogen (secondary N) is 2. The third-order valence-electron chi connectivity index (χ3n) is 3.78. The lowest BCUT2D eigenvalue weighted by Crippen LogP contribution is -2.40. The van der Waals surface area contributed by atoms with Gasteiger partial charge in [-0.2, -0.15) is 0 Å². The number of thioether (sulfide) groups is 1. The lowest BCUT2D eigenvalue weighted by atomic mass is 10.2. The summed E-state index contributed by atoms with van der Waals surface area (Å²) >= 11 is 1.11. The standard InChI is InChI=1S/C18H18N6O3S/c1-3-9-19-16(27)20-14(25)11-28-18-22-21-17-23(10-4-2)15(26)12-7-5-6-8-13(12)24(17)18/h3-8H,1-2,9-11H2,(H2,19,20,25,27). The van der Waals surface area contributed by atoms with E-state index in [1.165, 1.54) is 10.6 Å². The second kappa shape index (κ2) is 8.53. The van der Waals surface area contributed by atoms with Gasteiger partial charge in [-0.25, -0.2) is 4.79 Å². The molecule has 28 heavy (non-hydrogen) atoms. The number of hydrogen-bond acceptors (Lipinski definition) is 6. The molecule has 0 aliphatic rings. The number of benzene rings is 1. The highest BCUT2D eigenvalue weighted by Gasteiger charge is 2.17. The first-order chi connectivity index (χ1) is 13.6. The number of imide groups is 1. The third-order valence-corrected chi connectivity index (χ3v) is 4.71. The van der Waals surface area contributed by atoms with E-state index in [1.54, 1.807) is 28.7 Å². The maximum absolute atomic E-state index is 12.7. The Kier molecular flexibility index (Phi) is 5.90. The van der Waals surface area contributed by atoms with Crippen molar-refractivity contribution in [2.45, 2.75) is 11.7 Å². The summed E-state index contributed by atoms with van der Waals surface area (Å²) in [6, 6.07) is 6.51. The molecule has 3 aromatic rings. The largest absolute Gasteiger partial charge is 0.334 e. The highest BCUT2D eigenvalue weighted by atomic mass is 32.2. The van der Waals surface area contributed by atoms with E-state index in [0.29, 0.717) is 21.8 Å². The zero-order valence-corrected chi connectivity index (χ0v) is 15.7. The van der Waals surface area contributed by atoms with Crippen molar-refractivity contribution in [3.05, 3.63) is 59.9 Å². The molecule has 2 heterocycles. The summed E-state index contributed by atoms with van der Waals surface area (Å²) in [5, 5.41) is 13.9. The summed E-state index contributed by atoms with van der Waals surface area (Å²) in [5.74, 6) is -0.167. The average Bonchev–Trinajstić information content (AvgIpc) is 3.12. The zero-order valence-electron chi connectivity index (χ0n) is 14.9. The van der Waals surface area contributed by atoms with Crippen LogP contribution >= 0.6 is 11.8 Å². The van der Waals surface area contributed by atoms with Gasteiger partial charge in [0, 0.05) is 13.1 Å². The molecular weight excluding hydrogens is 380 g/mol. The number of carbonyl (C=O) groups is 2. The van der Waals surface area contributed by atoms with Crippen LogP contribution in [0.2, 0.25) is 0 Å². The Morgan fingerprint density at radius 1 is 1.18 bits per heavy atom. The number of nitrogens with zero attached hydrogens (tertiary/aromatic N) is 4. The number of aromatic nitrogens is 4. The Hall–Kier alpha value is -3.40. The number of rotatable bonds is 7. The van der Waals surface area contributed by atoms with E-state index in [-0.39, 0.29) is 24.4 Å². The lowest BCUT2D eigenvalue weighted by molar-refractivity contribution is -0.117. The van der Waals surface area contributed by atoms with Crippen molar-refractivity contribution in [2.24, 2.45) is 0 Å². The molecule has 0 saturated carbocycles. The molecule has 10 heteroatoms. The molecule has 0 radical (unpaired) electrons. The van der Waals surface area contributed by atoms with E-state index in [9.17, 15) is 14.4 Å². The quantitative estimate of drug-likeness (QED) is 0.459. The van der Waals surface area contributed by atoms with Gasteiger partial charge in [0.2, 0.25) is 11.7 Å². The molecule has 3 rings (SSSR count). The van der Waals surface area contributed by atoms with E-state index in [1.807, 2.05) is 6.07 Å². The SMILES string of the molecule is C=CCNC(=O)NC(=O)CSc1nnc2n(CC=C)c(=O)c3ccccc3n12. The van der Waals surface area contributed by atoms with Gasteiger partial charge >= 0.3 is 6.03 Å². The van der Waals surface area contributed by atoms with Crippen LogP contribution in [0.15, 0.2) is 59.5 Å². The van der Waals surface area contributed by atoms with Crippen LogP contribution in [0.5, 0.6) is 0 Å². The molecule has 0 atom stereocenters. The van der Waals surface area contributed by atoms with Crippen molar-refractivity contribution >= 4 is 40.4 Å². The molecule has 0 bridgehead atoms. The number of fused-ring (bicyclic) bond motifs is 3. The second-order valence-electron chi connectivity index (χ2n) is 5.68. The van der Waals surface area contributed by atoms with Crippen molar-refractivity contribution in [3.8, 4) is 0 Å². The van der Waals surface area contributed by atoms with Crippen molar-refractivity contribution in [1.82, 2.24) is 29.8 Å². The van der Waals surface area contributed by atoms with Crippen LogP contribution in [0, 0.1) is 0 Å². The summed E-state index contributed by atoms with van der Waals surface area (Å²) in [4.78, 5) is 36.3. The van der Waals surface area contributed by atoms with Crippen LogP contribution in [0.1, 0.15) is 0 Å². The predicted molar refractivity (Wildman–Crippen MR) is 107 cm³/mol. The Balaban J connectivity index is 1.92. The molecule has 0 spiro atoms. The number of hydrogen-bond donors (Lipinski definition) is 2. The summed E-state index contributed by atoms with van der Waals surface area (Å²) in [7, 11) is 0. The molecule has 144 valence electrons. The molecule has 0 aliphatic heterocycles. The van der Waals surface area contributed by atoms with E-state index in [0.717, 1.165) is 11.8 Å². The fourth-order valence-corrected chi connectivity index (χ4v) is 3.36. The third kappa shape index (κ3) is 3.81. The second-order valence-corrected chi connectivity index (χ2v) is 6.62. The summed E-state index contributed by atoms with van der Waals surface area (Å²) in [6.45, 7) is 7.70. The Labute approximate surface area is 164 Å². The van der Waals surface area contributed by atoms with E-state index >= 15 is 0 Å². The van der Waals surface area contributed by atoms with Crippen LogP contribution in [-0.2, 0) is 11.3 Å². The van der Waals surface area contributed by atoms with Gasteiger partial charge in [-0.05, 0) is 12.1 Å². The predicted octanol–water partition coefficient (Wildman–Crippen LogP) is 1.33. The van der Waals surface area contributed by atoms with Gasteiger partial charge in [0.05, 0.1) is 16.7 Å². The fourth-order valence-electron chi connectivity index (χ4n) is 2.62. The Bertz CT molecular complexity index is 1130. The van der Waals surface area contributed by atoms with Gasteiger partial charge in [0.25, 0.3) is 5.56 Å². The minimum atomic E-state index is -0.595. The van der Waals surface area contributed by atoms with Gasteiger partial charge in [0.15, 0.2) is 5.16 Å². The topological polar surface area (TPSA) is 110 Å². The highest BCUT2D eigenvalue weighted by molar-refractivity contribution is 7.99. The number of para-hydroxylation sites is 1. The minimum Gasteiger partial charge on any atom is -0.334 e. The van der Waals surface area contributed by atoms with Crippen LogP contribution in [0.3, 0.4) is 0 Å². The van der Waals surface area contributed by atoms with Gasteiger partial charge in [-0.1, -0.05) is 36.0 Å². The van der Waals surface area contributed by atoms with Crippen molar-refractivity contribution in [2.75, 3.05) is 12.3 Å². The highest BCUT2D eigenvalue weighted by Crippen LogP contribution is 2.21. The Morgan fingerprint density at radius 2 is 1.96 bits per heavy atom. The number of amides is 3. The van der Waals surface area contributed by atoms with Gasteiger partial charge < -0.3 is 5.32 Å². The molecule has 2 aromatic heterocycles. The molecule has 0 fully saturated rings. The summed E-state index contributed by atoms with van der Waals surface area (Å²) < 4.78 is 3.19. The van der Waals surface area contributed by atoms with Crippen molar-refractivity contribution in [3.63, 3.8) is 0 Å². The van der Waals surface area contributed by atoms with E-state index < -0.39 is 11.9 Å². The number of allylic oxidation sites excluding steroid dienone is 1. The molecule has 0 unspecified atom stereocenters. The van der Waals surface area contributed by atoms with Crippen LogP contribution in [-0.4, -0.2) is 43.4 Å². The van der Waals surface area contributed by atoms with E-state index in [4.69, 9.17) is 0 Å². The van der Waals surface area contributed by atoms with Crippen LogP contribution in [0.25, 0.3) is 16.7 Å². The number of urea groups is 1. The molecule has 2 N–H and O–H groups in total. The van der Waals surface area contributed by atoms with Crippen LogP contribution in [0.4, 0.5) is 4.79 Å². The zero-order chi connectivity index (χ0) is 20.1. The lowest BCUT2D eigenvalue weighted by Gasteiger charge is -2.09. The monoisotopic (exact) mass is 398 g/mol. The first-order valence-corrected chi connectivity index (χ1v) is 9.34. The molecule has 1 aromatic carbocycles. The molecule has 0 saturated heterocycles. The van der Waals surface area contributed by atoms with Gasteiger partial charge in [-0.15, -0.1) is 23.4 Å². The molecular formula is C18H18N6O3S. The smallest absolute Gasteiger partial charge is 0.321 e. The molecule has 0 aliphatic carbocycles. The number of carbonyl (C=O) groups excluding carboxylic acids is 2. The average molecular weight is 398 g/mol. The van der Waals surface area contributed by atoms with Gasteiger partial charge in [0.1, 0.15) is 0 Å². The molecule has 3 amide bonds. The van der Waals surface area contributed by atoms with Gasteiger partial charge in [-0.3, -0.25) is 23.9 Å². The van der Waals surface area contributed by atoms with E-state index in [2.05, 4.69) is 34.0 Å². The Morgan fingerprint density at radius 3 is 2.71 bits per heavy atom. The summed E-state index contributed by atoms with van der Waals surface area (Å²) in [6.07, 6.45) is 3.11. The van der Waals surface area contributed by atoms with Crippen LogP contribution < -0.4 is 16.2 Å². The minimum absolute atomic E-state index is 0.0444. The van der Waals surface area contributed by atoms with Crippen molar-refractivity contribution < 1.29 is 9.59 Å². The first-order valence-electron chi connectivity index (χ1n) is 8.35.